The van der Waals surface area contributed by atoms with Crippen molar-refractivity contribution in [2.75, 3.05) is 0 Å². The zero-order valence-electron chi connectivity index (χ0n) is 30.3. The Balaban J connectivity index is 5.64. The molecule has 0 fully saturated rings. The average molecular weight is 655 g/mol. The Hall–Kier alpha value is -1.63. The highest BCUT2D eigenvalue weighted by atomic mass is 16.4. The summed E-state index contributed by atoms with van der Waals surface area (Å²) in [4.78, 5) is 38.7. The van der Waals surface area contributed by atoms with E-state index < -0.39 is 34.8 Å². The lowest BCUT2D eigenvalue weighted by Gasteiger charge is -2.45. The molecule has 0 amide bonds. The summed E-state index contributed by atoms with van der Waals surface area (Å²) in [7, 11) is 0. The number of hydrogen-bond acceptors (Lipinski definition) is 4. The Morgan fingerprint density at radius 3 is 0.978 bits per heavy atom. The van der Waals surface area contributed by atoms with E-state index in [1.807, 2.05) is 0 Å². The van der Waals surface area contributed by atoms with Crippen LogP contribution < -0.4 is 0 Å². The molecule has 2 atom stereocenters. The van der Waals surface area contributed by atoms with Crippen LogP contribution in [0.15, 0.2) is 0 Å². The summed E-state index contributed by atoms with van der Waals surface area (Å²) in [5, 5.41) is 43.5. The molecular weight excluding hydrogens is 580 g/mol. The third-order valence-corrected chi connectivity index (χ3v) is 10.3. The first-order valence-corrected chi connectivity index (χ1v) is 19.6. The summed E-state index contributed by atoms with van der Waals surface area (Å²) in [5.41, 5.74) is -4.94. The lowest BCUT2D eigenvalue weighted by Crippen LogP contribution is -2.64. The van der Waals surface area contributed by atoms with Gasteiger partial charge in [0, 0.05) is 0 Å². The van der Waals surface area contributed by atoms with Crippen LogP contribution >= 0.6 is 0 Å². The highest BCUT2D eigenvalue weighted by molar-refractivity contribution is 5.93. The van der Waals surface area contributed by atoms with E-state index in [0.29, 0.717) is 19.3 Å². The minimum Gasteiger partial charge on any atom is -0.481 e. The third kappa shape index (κ3) is 17.5. The molecule has 46 heavy (non-hydrogen) atoms. The van der Waals surface area contributed by atoms with E-state index >= 15 is 0 Å². The van der Waals surface area contributed by atoms with Gasteiger partial charge in [-0.1, -0.05) is 194 Å². The second kappa shape index (κ2) is 28.4. The van der Waals surface area contributed by atoms with Gasteiger partial charge in [-0.05, 0) is 19.3 Å². The molecule has 0 rings (SSSR count). The largest absolute Gasteiger partial charge is 0.481 e. The van der Waals surface area contributed by atoms with Crippen LogP contribution in [0.1, 0.15) is 213 Å². The fourth-order valence-electron chi connectivity index (χ4n) is 7.22. The van der Waals surface area contributed by atoms with Crippen molar-refractivity contribution in [3.8, 4) is 0 Å². The molecule has 0 aliphatic heterocycles. The Morgan fingerprint density at radius 1 is 0.435 bits per heavy atom. The van der Waals surface area contributed by atoms with Crippen molar-refractivity contribution < 1.29 is 34.8 Å². The number of carbonyl (C=O) groups is 3. The molecule has 272 valence electrons. The highest BCUT2D eigenvalue weighted by Gasteiger charge is 2.65. The molecule has 0 aliphatic rings. The van der Waals surface area contributed by atoms with Crippen LogP contribution in [-0.4, -0.2) is 43.9 Å². The number of carboxylic acids is 3. The Morgan fingerprint density at radius 2 is 0.717 bits per heavy atom. The van der Waals surface area contributed by atoms with Crippen LogP contribution in [0.2, 0.25) is 0 Å². The summed E-state index contributed by atoms with van der Waals surface area (Å²) in [6, 6.07) is 0. The van der Waals surface area contributed by atoms with Gasteiger partial charge in [0.1, 0.15) is 5.41 Å². The van der Waals surface area contributed by atoms with E-state index in [-0.39, 0.29) is 19.3 Å². The molecule has 0 aromatic carbocycles. The van der Waals surface area contributed by atoms with E-state index in [9.17, 15) is 34.8 Å². The number of aliphatic hydroxyl groups is 1. The van der Waals surface area contributed by atoms with Crippen molar-refractivity contribution >= 4 is 17.9 Å². The predicted octanol–water partition coefficient (Wildman–Crippen LogP) is 11.3. The van der Waals surface area contributed by atoms with Crippen molar-refractivity contribution in [3.63, 3.8) is 0 Å². The molecule has 4 N–H and O–H groups in total. The summed E-state index contributed by atoms with van der Waals surface area (Å²) < 4.78 is 0. The predicted molar refractivity (Wildman–Crippen MR) is 189 cm³/mol. The Kier molecular flexibility index (Phi) is 27.4. The molecule has 0 heterocycles. The first kappa shape index (κ1) is 44.4. The van der Waals surface area contributed by atoms with Gasteiger partial charge in [0.2, 0.25) is 0 Å². The van der Waals surface area contributed by atoms with Gasteiger partial charge in [-0.3, -0.25) is 9.59 Å². The second-order valence-corrected chi connectivity index (χ2v) is 14.1. The van der Waals surface area contributed by atoms with Crippen LogP contribution in [0.25, 0.3) is 0 Å². The maximum absolute atomic E-state index is 13.1. The Bertz CT molecular complexity index is 745. The van der Waals surface area contributed by atoms with Gasteiger partial charge in [0.05, 0.1) is 5.92 Å². The zero-order valence-corrected chi connectivity index (χ0v) is 30.3. The topological polar surface area (TPSA) is 132 Å². The fourth-order valence-corrected chi connectivity index (χ4v) is 7.22. The van der Waals surface area contributed by atoms with E-state index in [1.165, 1.54) is 77.0 Å². The summed E-state index contributed by atoms with van der Waals surface area (Å²) in [6.45, 7) is 6.56. The summed E-state index contributed by atoms with van der Waals surface area (Å²) in [5.74, 6) is -6.20. The van der Waals surface area contributed by atoms with Gasteiger partial charge in [0.15, 0.2) is 5.60 Å². The van der Waals surface area contributed by atoms with E-state index in [4.69, 9.17) is 0 Å². The highest BCUT2D eigenvalue weighted by Crippen LogP contribution is 2.48. The van der Waals surface area contributed by atoms with Gasteiger partial charge in [-0.15, -0.1) is 0 Å². The molecule has 7 nitrogen and oxygen atoms in total. The first-order chi connectivity index (χ1) is 22.2. The van der Waals surface area contributed by atoms with Crippen LogP contribution in [0, 0.1) is 11.3 Å². The monoisotopic (exact) mass is 655 g/mol. The second-order valence-electron chi connectivity index (χ2n) is 14.1. The lowest BCUT2D eigenvalue weighted by molar-refractivity contribution is -0.207. The molecular formula is C39H74O7. The molecule has 0 saturated carbocycles. The van der Waals surface area contributed by atoms with E-state index in [1.54, 1.807) is 0 Å². The fraction of sp³-hybridized carbons (Fsp3) is 0.923. The van der Waals surface area contributed by atoms with Crippen LogP contribution in [0.3, 0.4) is 0 Å². The maximum Gasteiger partial charge on any atom is 0.337 e. The number of rotatable bonds is 35. The SMILES string of the molecule is CCCCCCCCCCCC(C(=O)O)C(O)(C(=O)O)C(CCCCCCCCCCC)(CCCCCCCCCCC)C(=O)O. The standard InChI is InChI=1S/C39H74O7/c1-4-7-10-13-16-19-22-25-28-31-34(35(40)41)39(46,37(44)45)38(36(42)43,32-29-26-23-20-17-14-11-8-5-2)33-30-27-24-21-18-15-12-9-6-3/h34,46H,4-33H2,1-3H3,(H,40,41)(H,42,43)(H,44,45). The van der Waals surface area contributed by atoms with Gasteiger partial charge >= 0.3 is 17.9 Å². The molecule has 0 bridgehead atoms. The Labute approximate surface area is 282 Å². The summed E-state index contributed by atoms with van der Waals surface area (Å²) in [6.07, 6.45) is 27.3. The van der Waals surface area contributed by atoms with Crippen molar-refractivity contribution in [1.82, 2.24) is 0 Å². The number of aliphatic carboxylic acids is 3. The molecule has 7 heteroatoms. The average Bonchev–Trinajstić information content (AvgIpc) is 3.02. The normalized spacial score (nSPS) is 13.8. The van der Waals surface area contributed by atoms with Gasteiger partial charge in [-0.25, -0.2) is 4.79 Å². The molecule has 0 saturated heterocycles. The van der Waals surface area contributed by atoms with Crippen molar-refractivity contribution in [1.29, 1.82) is 0 Å². The van der Waals surface area contributed by atoms with Crippen molar-refractivity contribution in [2.24, 2.45) is 11.3 Å². The maximum atomic E-state index is 13.1. The van der Waals surface area contributed by atoms with E-state index in [0.717, 1.165) is 77.0 Å². The van der Waals surface area contributed by atoms with Gasteiger partial charge in [-0.2, -0.15) is 0 Å². The molecule has 0 spiro atoms. The van der Waals surface area contributed by atoms with E-state index in [2.05, 4.69) is 20.8 Å². The molecule has 0 radical (unpaired) electrons. The molecule has 0 aliphatic carbocycles. The minimum atomic E-state index is -2.88. The van der Waals surface area contributed by atoms with Crippen LogP contribution in [-0.2, 0) is 14.4 Å². The molecule has 0 aromatic heterocycles. The molecule has 0 aromatic rings. The van der Waals surface area contributed by atoms with Crippen LogP contribution in [0.4, 0.5) is 0 Å². The quantitative estimate of drug-likeness (QED) is 0.0500. The van der Waals surface area contributed by atoms with Gasteiger partial charge < -0.3 is 20.4 Å². The van der Waals surface area contributed by atoms with Crippen LogP contribution in [0.5, 0.6) is 0 Å². The zero-order chi connectivity index (χ0) is 34.5. The van der Waals surface area contributed by atoms with Crippen molar-refractivity contribution in [2.45, 2.75) is 219 Å². The number of hydrogen-bond donors (Lipinski definition) is 4. The minimum absolute atomic E-state index is 0.0282. The first-order valence-electron chi connectivity index (χ1n) is 19.6. The lowest BCUT2D eigenvalue weighted by atomic mass is 9.59. The number of carboxylic acid groups (broad SMARTS) is 3. The van der Waals surface area contributed by atoms with Gasteiger partial charge in [0.25, 0.3) is 0 Å². The number of unbranched alkanes of at least 4 members (excludes halogenated alkanes) is 24. The molecule has 2 unspecified atom stereocenters. The smallest absolute Gasteiger partial charge is 0.337 e. The summed E-state index contributed by atoms with van der Waals surface area (Å²) >= 11 is 0. The van der Waals surface area contributed by atoms with Crippen molar-refractivity contribution in [3.05, 3.63) is 0 Å². The third-order valence-electron chi connectivity index (χ3n) is 10.3.